The van der Waals surface area contributed by atoms with Gasteiger partial charge in [-0.2, -0.15) is 0 Å². The highest BCUT2D eigenvalue weighted by Gasteiger charge is 2.27. The van der Waals surface area contributed by atoms with E-state index < -0.39 is 0 Å². The normalized spacial score (nSPS) is 21.6. The summed E-state index contributed by atoms with van der Waals surface area (Å²) in [5.41, 5.74) is 4.72. The van der Waals surface area contributed by atoms with Crippen molar-refractivity contribution in [2.75, 3.05) is 7.05 Å². The van der Waals surface area contributed by atoms with Crippen molar-refractivity contribution in [3.8, 4) is 0 Å². The predicted molar refractivity (Wildman–Crippen MR) is 80.5 cm³/mol. The lowest BCUT2D eigenvalue weighted by molar-refractivity contribution is 0.470. The van der Waals surface area contributed by atoms with Gasteiger partial charge in [-0.3, -0.25) is 0 Å². The maximum Gasteiger partial charge on any atom is 0.126 e. The first-order valence-corrected chi connectivity index (χ1v) is 7.23. The van der Waals surface area contributed by atoms with Gasteiger partial charge < -0.3 is 5.32 Å². The van der Waals surface area contributed by atoms with Crippen molar-refractivity contribution >= 4 is 0 Å². The van der Waals surface area contributed by atoms with Gasteiger partial charge in [0.15, 0.2) is 0 Å². The quantitative estimate of drug-likeness (QED) is 0.856. The highest BCUT2D eigenvalue weighted by Crippen LogP contribution is 2.41. The van der Waals surface area contributed by atoms with Gasteiger partial charge in [0, 0.05) is 12.0 Å². The zero-order valence-corrected chi connectivity index (χ0v) is 12.0. The van der Waals surface area contributed by atoms with E-state index in [0.29, 0.717) is 12.0 Å². The van der Waals surface area contributed by atoms with Gasteiger partial charge in [-0.1, -0.05) is 36.4 Å². The van der Waals surface area contributed by atoms with Gasteiger partial charge in [0.25, 0.3) is 0 Å². The van der Waals surface area contributed by atoms with E-state index in [1.807, 2.05) is 26.1 Å². The average Bonchev–Trinajstić information content (AvgIpc) is 2.49. The number of halogens is 1. The second kappa shape index (κ2) is 5.37. The molecule has 0 aliphatic heterocycles. The smallest absolute Gasteiger partial charge is 0.126 e. The Bertz CT molecular complexity index is 621. The van der Waals surface area contributed by atoms with Crippen LogP contribution in [0.3, 0.4) is 0 Å². The maximum absolute atomic E-state index is 13.5. The SMILES string of the molecule is CN[C@H]1CC[C@@H](c2ccc(F)c(C)c2)c2ccccc21. The Balaban J connectivity index is 2.05. The van der Waals surface area contributed by atoms with Crippen LogP contribution in [0.4, 0.5) is 4.39 Å². The molecule has 2 aromatic carbocycles. The van der Waals surface area contributed by atoms with Crippen molar-refractivity contribution in [3.05, 3.63) is 70.5 Å². The van der Waals surface area contributed by atoms with Crippen LogP contribution in [0.25, 0.3) is 0 Å². The average molecular weight is 269 g/mol. The van der Waals surface area contributed by atoms with Crippen molar-refractivity contribution in [2.24, 2.45) is 0 Å². The Hall–Kier alpha value is -1.67. The zero-order valence-electron chi connectivity index (χ0n) is 12.0. The molecular formula is C18H20FN. The second-order valence-electron chi connectivity index (χ2n) is 5.61. The van der Waals surface area contributed by atoms with Gasteiger partial charge in [0.05, 0.1) is 0 Å². The molecule has 0 heterocycles. The molecule has 0 bridgehead atoms. The van der Waals surface area contributed by atoms with E-state index >= 15 is 0 Å². The molecule has 0 fully saturated rings. The van der Waals surface area contributed by atoms with E-state index in [2.05, 4.69) is 29.6 Å². The van der Waals surface area contributed by atoms with Gasteiger partial charge in [0.2, 0.25) is 0 Å². The van der Waals surface area contributed by atoms with Crippen LogP contribution < -0.4 is 5.32 Å². The Morgan fingerprint density at radius 1 is 1.05 bits per heavy atom. The van der Waals surface area contributed by atoms with E-state index in [1.165, 1.54) is 16.7 Å². The van der Waals surface area contributed by atoms with Crippen molar-refractivity contribution < 1.29 is 4.39 Å². The van der Waals surface area contributed by atoms with E-state index in [-0.39, 0.29) is 5.82 Å². The Morgan fingerprint density at radius 3 is 2.50 bits per heavy atom. The van der Waals surface area contributed by atoms with Crippen LogP contribution in [0.2, 0.25) is 0 Å². The molecule has 0 aromatic heterocycles. The van der Waals surface area contributed by atoms with Crippen molar-refractivity contribution in [3.63, 3.8) is 0 Å². The van der Waals surface area contributed by atoms with Crippen LogP contribution in [-0.4, -0.2) is 7.05 Å². The molecule has 0 saturated carbocycles. The Kier molecular flexibility index (Phi) is 3.58. The lowest BCUT2D eigenvalue weighted by Gasteiger charge is -2.32. The van der Waals surface area contributed by atoms with Crippen LogP contribution in [-0.2, 0) is 0 Å². The molecule has 1 nitrogen and oxygen atoms in total. The molecule has 0 spiro atoms. The maximum atomic E-state index is 13.5. The van der Waals surface area contributed by atoms with Crippen LogP contribution >= 0.6 is 0 Å². The zero-order chi connectivity index (χ0) is 14.1. The van der Waals surface area contributed by atoms with E-state index in [4.69, 9.17) is 0 Å². The molecule has 2 heteroatoms. The third kappa shape index (κ3) is 2.25. The molecule has 1 aliphatic carbocycles. The number of benzene rings is 2. The largest absolute Gasteiger partial charge is 0.313 e. The Labute approximate surface area is 119 Å². The fourth-order valence-electron chi connectivity index (χ4n) is 3.32. The molecule has 0 unspecified atom stereocenters. The molecule has 20 heavy (non-hydrogen) atoms. The van der Waals surface area contributed by atoms with Gasteiger partial charge in [-0.15, -0.1) is 0 Å². The minimum atomic E-state index is -0.119. The summed E-state index contributed by atoms with van der Waals surface area (Å²) in [6.07, 6.45) is 2.22. The van der Waals surface area contributed by atoms with E-state index in [0.717, 1.165) is 18.4 Å². The van der Waals surface area contributed by atoms with Gasteiger partial charge >= 0.3 is 0 Å². The molecule has 2 atom stereocenters. The van der Waals surface area contributed by atoms with Crippen molar-refractivity contribution in [1.29, 1.82) is 0 Å². The van der Waals surface area contributed by atoms with Crippen LogP contribution in [0, 0.1) is 12.7 Å². The van der Waals surface area contributed by atoms with Gasteiger partial charge in [0.1, 0.15) is 5.82 Å². The van der Waals surface area contributed by atoms with Crippen LogP contribution in [0.1, 0.15) is 47.1 Å². The van der Waals surface area contributed by atoms with Crippen LogP contribution in [0.15, 0.2) is 42.5 Å². The lowest BCUT2D eigenvalue weighted by Crippen LogP contribution is -2.24. The molecule has 2 aromatic rings. The van der Waals surface area contributed by atoms with E-state index in [1.54, 1.807) is 6.07 Å². The fourth-order valence-corrected chi connectivity index (χ4v) is 3.32. The Morgan fingerprint density at radius 2 is 1.80 bits per heavy atom. The fraction of sp³-hybridized carbons (Fsp3) is 0.333. The molecule has 0 radical (unpaired) electrons. The monoisotopic (exact) mass is 269 g/mol. The minimum Gasteiger partial charge on any atom is -0.313 e. The summed E-state index contributed by atoms with van der Waals surface area (Å²) < 4.78 is 13.5. The minimum absolute atomic E-state index is 0.119. The first-order chi connectivity index (χ1) is 9.70. The van der Waals surface area contributed by atoms with Crippen LogP contribution in [0.5, 0.6) is 0 Å². The molecule has 1 N–H and O–H groups in total. The molecule has 104 valence electrons. The summed E-state index contributed by atoms with van der Waals surface area (Å²) >= 11 is 0. The summed E-state index contributed by atoms with van der Waals surface area (Å²) in [6.45, 7) is 1.84. The number of hydrogen-bond donors (Lipinski definition) is 1. The summed E-state index contributed by atoms with van der Waals surface area (Å²) in [5, 5.41) is 3.39. The lowest BCUT2D eigenvalue weighted by atomic mass is 9.76. The first kappa shape index (κ1) is 13.3. The summed E-state index contributed by atoms with van der Waals surface area (Å²) in [5.74, 6) is 0.265. The predicted octanol–water partition coefficient (Wildman–Crippen LogP) is 4.32. The second-order valence-corrected chi connectivity index (χ2v) is 5.61. The standard InChI is InChI=1S/C18H20FN/c1-12-11-13(7-9-17(12)19)14-8-10-18(20-2)16-6-4-3-5-15(14)16/h3-7,9,11,14,18,20H,8,10H2,1-2H3/t14-,18-/m0/s1. The highest BCUT2D eigenvalue weighted by molar-refractivity contribution is 5.42. The molecule has 0 amide bonds. The highest BCUT2D eigenvalue weighted by atomic mass is 19.1. The number of rotatable bonds is 2. The van der Waals surface area contributed by atoms with Crippen molar-refractivity contribution in [1.82, 2.24) is 5.32 Å². The first-order valence-electron chi connectivity index (χ1n) is 7.23. The number of fused-ring (bicyclic) bond motifs is 1. The number of nitrogens with one attached hydrogen (secondary N) is 1. The summed E-state index contributed by atoms with van der Waals surface area (Å²) in [6, 6.07) is 14.6. The topological polar surface area (TPSA) is 12.0 Å². The van der Waals surface area contributed by atoms with Gasteiger partial charge in [-0.05, 0) is 55.1 Å². The summed E-state index contributed by atoms with van der Waals surface area (Å²) in [7, 11) is 2.02. The molecule has 1 aliphatic rings. The summed E-state index contributed by atoms with van der Waals surface area (Å²) in [4.78, 5) is 0. The number of hydrogen-bond acceptors (Lipinski definition) is 1. The number of aryl methyl sites for hydroxylation is 1. The molecule has 3 rings (SSSR count). The third-order valence-electron chi connectivity index (χ3n) is 4.42. The molecule has 0 saturated heterocycles. The van der Waals surface area contributed by atoms with Gasteiger partial charge in [-0.25, -0.2) is 4.39 Å². The van der Waals surface area contributed by atoms with Crippen molar-refractivity contribution in [2.45, 2.75) is 31.7 Å². The third-order valence-corrected chi connectivity index (χ3v) is 4.42. The van der Waals surface area contributed by atoms with E-state index in [9.17, 15) is 4.39 Å². The molecular weight excluding hydrogens is 249 g/mol.